The summed E-state index contributed by atoms with van der Waals surface area (Å²) in [6.07, 6.45) is 0.676. The molecule has 4 N–H and O–H groups in total. The van der Waals surface area contributed by atoms with Crippen LogP contribution < -0.4 is 11.1 Å². The molecule has 0 fully saturated rings. The van der Waals surface area contributed by atoms with E-state index in [0.717, 1.165) is 21.9 Å². The zero-order chi connectivity index (χ0) is 23.7. The molecule has 0 aliphatic heterocycles. The number of carbonyl (C=O) groups excluding carboxylic acids is 1. The molecule has 0 aliphatic carbocycles. The van der Waals surface area contributed by atoms with E-state index < -0.39 is 4.92 Å². The smallest absolute Gasteiger partial charge is 0.270 e. The van der Waals surface area contributed by atoms with E-state index in [1.807, 2.05) is 24.3 Å². The Balaban J connectivity index is 1.36. The van der Waals surface area contributed by atoms with Crippen molar-refractivity contribution in [2.24, 2.45) is 0 Å². The van der Waals surface area contributed by atoms with Crippen molar-refractivity contribution < 1.29 is 9.72 Å². The first-order valence-corrected chi connectivity index (χ1v) is 10.8. The molecule has 2 heterocycles. The Hall–Kier alpha value is -4.72. The van der Waals surface area contributed by atoms with Crippen LogP contribution in [0, 0.1) is 10.1 Å². The monoisotopic (exact) mass is 451 g/mol. The molecule has 0 saturated heterocycles. The zero-order valence-electron chi connectivity index (χ0n) is 18.1. The summed E-state index contributed by atoms with van der Waals surface area (Å²) in [5.41, 5.74) is 11.0. The fourth-order valence-electron chi connectivity index (χ4n) is 4.02. The van der Waals surface area contributed by atoms with Crippen LogP contribution in [0.5, 0.6) is 0 Å². The summed E-state index contributed by atoms with van der Waals surface area (Å²) in [5, 5.41) is 16.0. The molecule has 0 bridgehead atoms. The maximum absolute atomic E-state index is 12.3. The molecule has 0 atom stereocenters. The van der Waals surface area contributed by atoms with Crippen molar-refractivity contribution in [1.82, 2.24) is 15.3 Å². The maximum Gasteiger partial charge on any atom is 0.270 e. The number of anilines is 1. The van der Waals surface area contributed by atoms with Crippen molar-refractivity contribution in [3.8, 4) is 11.3 Å². The Labute approximate surface area is 194 Å². The van der Waals surface area contributed by atoms with E-state index in [9.17, 15) is 14.9 Å². The van der Waals surface area contributed by atoms with Crippen LogP contribution in [0.25, 0.3) is 33.2 Å². The number of nitrogens with zero attached hydrogens (tertiary/aromatic N) is 2. The first-order valence-electron chi connectivity index (χ1n) is 10.8. The van der Waals surface area contributed by atoms with Crippen molar-refractivity contribution in [3.05, 3.63) is 100 Å². The number of aromatic amines is 1. The molecule has 8 heteroatoms. The Bertz CT molecular complexity index is 1560. The first kappa shape index (κ1) is 21.1. The molecule has 8 nitrogen and oxygen atoms in total. The Morgan fingerprint density at radius 3 is 2.68 bits per heavy atom. The van der Waals surface area contributed by atoms with Crippen LogP contribution in [-0.4, -0.2) is 27.3 Å². The molecule has 0 spiro atoms. The molecule has 5 aromatic rings. The third-order valence-corrected chi connectivity index (χ3v) is 5.72. The number of nitro groups is 1. The largest absolute Gasteiger partial charge is 0.399 e. The standard InChI is InChI=1S/C26H21N5O3/c27-19-5-1-4-18(14-19)26(32)28-12-11-16-7-9-24-22(13-16)21-8-10-23(29-25(21)30-24)17-3-2-6-20(15-17)31(33)34/h1-10,13-15H,11-12,27H2,(H,28,32)(H,29,30). The predicted octanol–water partition coefficient (Wildman–Crippen LogP) is 4.85. The number of fused-ring (bicyclic) bond motifs is 3. The van der Waals surface area contributed by atoms with Crippen LogP contribution in [-0.2, 0) is 6.42 Å². The van der Waals surface area contributed by atoms with E-state index in [-0.39, 0.29) is 11.6 Å². The van der Waals surface area contributed by atoms with Gasteiger partial charge in [0.25, 0.3) is 11.6 Å². The number of nitrogens with one attached hydrogen (secondary N) is 2. The van der Waals surface area contributed by atoms with Gasteiger partial charge < -0.3 is 16.0 Å². The van der Waals surface area contributed by atoms with Gasteiger partial charge in [0.2, 0.25) is 0 Å². The molecule has 34 heavy (non-hydrogen) atoms. The molecular formula is C26H21N5O3. The lowest BCUT2D eigenvalue weighted by Gasteiger charge is -2.06. The molecule has 5 rings (SSSR count). The van der Waals surface area contributed by atoms with E-state index in [4.69, 9.17) is 10.7 Å². The van der Waals surface area contributed by atoms with E-state index >= 15 is 0 Å². The number of nitrogen functional groups attached to an aromatic ring is 1. The van der Waals surface area contributed by atoms with Gasteiger partial charge in [-0.05, 0) is 54.4 Å². The highest BCUT2D eigenvalue weighted by molar-refractivity contribution is 6.06. The topological polar surface area (TPSA) is 127 Å². The fourth-order valence-corrected chi connectivity index (χ4v) is 4.02. The van der Waals surface area contributed by atoms with Crippen molar-refractivity contribution in [2.45, 2.75) is 6.42 Å². The van der Waals surface area contributed by atoms with Crippen LogP contribution in [0.3, 0.4) is 0 Å². The fraction of sp³-hybridized carbons (Fsp3) is 0.0769. The quantitative estimate of drug-likeness (QED) is 0.193. The average Bonchev–Trinajstić information content (AvgIpc) is 3.21. The van der Waals surface area contributed by atoms with Gasteiger partial charge in [-0.25, -0.2) is 4.98 Å². The summed E-state index contributed by atoms with van der Waals surface area (Å²) in [4.78, 5) is 31.0. The van der Waals surface area contributed by atoms with Gasteiger partial charge in [-0.1, -0.05) is 24.3 Å². The number of hydrogen-bond acceptors (Lipinski definition) is 5. The van der Waals surface area contributed by atoms with Gasteiger partial charge >= 0.3 is 0 Å². The number of H-pyrrole nitrogens is 1. The number of rotatable bonds is 6. The average molecular weight is 451 g/mol. The Morgan fingerprint density at radius 1 is 1.00 bits per heavy atom. The van der Waals surface area contributed by atoms with Crippen molar-refractivity contribution in [1.29, 1.82) is 0 Å². The number of pyridine rings is 1. The molecule has 0 aliphatic rings. The van der Waals surface area contributed by atoms with Crippen molar-refractivity contribution >= 4 is 39.2 Å². The molecular weight excluding hydrogens is 430 g/mol. The van der Waals surface area contributed by atoms with E-state index in [1.165, 1.54) is 12.1 Å². The summed E-state index contributed by atoms with van der Waals surface area (Å²) >= 11 is 0. The Morgan fingerprint density at radius 2 is 1.85 bits per heavy atom. The summed E-state index contributed by atoms with van der Waals surface area (Å²) in [5.74, 6) is -0.154. The molecule has 0 unspecified atom stereocenters. The lowest BCUT2D eigenvalue weighted by atomic mass is 10.1. The van der Waals surface area contributed by atoms with Crippen LogP contribution in [0.4, 0.5) is 11.4 Å². The van der Waals surface area contributed by atoms with Gasteiger partial charge in [-0.3, -0.25) is 14.9 Å². The highest BCUT2D eigenvalue weighted by Gasteiger charge is 2.12. The van der Waals surface area contributed by atoms with Crippen LogP contribution >= 0.6 is 0 Å². The third kappa shape index (κ3) is 4.16. The number of hydrogen-bond donors (Lipinski definition) is 3. The molecule has 1 amide bonds. The molecule has 3 aromatic carbocycles. The van der Waals surface area contributed by atoms with Crippen LogP contribution in [0.15, 0.2) is 78.9 Å². The molecule has 2 aromatic heterocycles. The number of amides is 1. The second-order valence-corrected chi connectivity index (χ2v) is 8.04. The van der Waals surface area contributed by atoms with E-state index in [0.29, 0.717) is 41.1 Å². The number of benzene rings is 3. The van der Waals surface area contributed by atoms with Gasteiger partial charge in [0, 0.05) is 51.8 Å². The van der Waals surface area contributed by atoms with Gasteiger partial charge in [-0.2, -0.15) is 0 Å². The molecule has 0 saturated carbocycles. The lowest BCUT2D eigenvalue weighted by molar-refractivity contribution is -0.384. The zero-order valence-corrected chi connectivity index (χ0v) is 18.1. The summed E-state index contributed by atoms with van der Waals surface area (Å²) < 4.78 is 0. The minimum atomic E-state index is -0.412. The first-order chi connectivity index (χ1) is 16.5. The normalized spacial score (nSPS) is 11.1. The minimum Gasteiger partial charge on any atom is -0.399 e. The van der Waals surface area contributed by atoms with Gasteiger partial charge in [0.15, 0.2) is 0 Å². The SMILES string of the molecule is Nc1cccc(C(=O)NCCc2ccc3[nH]c4nc(-c5cccc([N+](=O)[O-])c5)ccc4c3c2)c1. The second kappa shape index (κ2) is 8.67. The second-order valence-electron chi connectivity index (χ2n) is 8.04. The number of non-ortho nitro benzene ring substituents is 1. The third-order valence-electron chi connectivity index (χ3n) is 5.72. The van der Waals surface area contributed by atoms with Crippen molar-refractivity contribution in [3.63, 3.8) is 0 Å². The molecule has 0 radical (unpaired) electrons. The van der Waals surface area contributed by atoms with E-state index in [1.54, 1.807) is 36.4 Å². The van der Waals surface area contributed by atoms with Crippen LogP contribution in [0.1, 0.15) is 15.9 Å². The Kier molecular flexibility index (Phi) is 5.39. The lowest BCUT2D eigenvalue weighted by Crippen LogP contribution is -2.25. The number of nitrogens with two attached hydrogens (primary N) is 1. The summed E-state index contributed by atoms with van der Waals surface area (Å²) in [7, 11) is 0. The van der Waals surface area contributed by atoms with Crippen LogP contribution in [0.2, 0.25) is 0 Å². The van der Waals surface area contributed by atoms with Gasteiger partial charge in [0.1, 0.15) is 5.65 Å². The van der Waals surface area contributed by atoms with Gasteiger partial charge in [-0.15, -0.1) is 0 Å². The maximum atomic E-state index is 12.3. The highest BCUT2D eigenvalue weighted by atomic mass is 16.6. The van der Waals surface area contributed by atoms with Gasteiger partial charge in [0.05, 0.1) is 10.6 Å². The van der Waals surface area contributed by atoms with E-state index in [2.05, 4.69) is 16.4 Å². The number of nitro benzene ring substituents is 1. The molecule has 168 valence electrons. The minimum absolute atomic E-state index is 0.0310. The number of aromatic nitrogens is 2. The summed E-state index contributed by atoms with van der Waals surface area (Å²) in [6.45, 7) is 0.497. The van der Waals surface area contributed by atoms with Crippen molar-refractivity contribution in [2.75, 3.05) is 12.3 Å². The number of carbonyl (C=O) groups is 1. The highest BCUT2D eigenvalue weighted by Crippen LogP contribution is 2.29. The predicted molar refractivity (Wildman–Crippen MR) is 133 cm³/mol. The summed E-state index contributed by atoms with van der Waals surface area (Å²) in [6, 6.07) is 23.3.